The van der Waals surface area contributed by atoms with Crippen LogP contribution in [0.1, 0.15) is 49.8 Å². The molecule has 0 unspecified atom stereocenters. The SMILES string of the molecule is Nc1c2c(nc3cc(O)c(O)cc13)CCCCC2.OCCN1CCCCC1. The molecule has 5 N–H and O–H groups in total. The zero-order valence-electron chi connectivity index (χ0n) is 16.0. The van der Waals surface area contributed by atoms with Gasteiger partial charge in [0, 0.05) is 29.4 Å². The van der Waals surface area contributed by atoms with Gasteiger partial charge < -0.3 is 26.0 Å². The van der Waals surface area contributed by atoms with Crippen molar-refractivity contribution in [1.29, 1.82) is 0 Å². The molecule has 1 aliphatic heterocycles. The summed E-state index contributed by atoms with van der Waals surface area (Å²) in [7, 11) is 0. The quantitative estimate of drug-likeness (QED) is 0.477. The van der Waals surface area contributed by atoms with Crippen LogP contribution in [0, 0.1) is 0 Å². The molecule has 0 atom stereocenters. The third-order valence-electron chi connectivity index (χ3n) is 5.52. The second kappa shape index (κ2) is 9.24. The lowest BCUT2D eigenvalue weighted by atomic mass is 10.0. The normalized spacial score (nSPS) is 17.7. The van der Waals surface area contributed by atoms with Crippen LogP contribution in [0.25, 0.3) is 10.9 Å². The highest BCUT2D eigenvalue weighted by Crippen LogP contribution is 2.36. The predicted octanol–water partition coefficient (Wildman–Crippen LogP) is 2.96. The molecule has 148 valence electrons. The number of piperidine rings is 1. The lowest BCUT2D eigenvalue weighted by Gasteiger charge is -2.25. The van der Waals surface area contributed by atoms with Gasteiger partial charge in [0.1, 0.15) is 0 Å². The average molecular weight is 373 g/mol. The predicted molar refractivity (Wildman–Crippen MR) is 108 cm³/mol. The molecule has 2 heterocycles. The van der Waals surface area contributed by atoms with Gasteiger partial charge in [-0.15, -0.1) is 0 Å². The number of pyridine rings is 1. The minimum absolute atomic E-state index is 0.149. The molecular formula is C21H31N3O3. The summed E-state index contributed by atoms with van der Waals surface area (Å²) < 4.78 is 0. The molecule has 0 radical (unpaired) electrons. The molecule has 0 amide bonds. The molecule has 27 heavy (non-hydrogen) atoms. The molecule has 1 aromatic heterocycles. The van der Waals surface area contributed by atoms with E-state index in [0.717, 1.165) is 48.9 Å². The standard InChI is InChI=1S/C14H16N2O2.C7H15NO/c15-14-8-4-2-1-3-5-10(8)16-11-7-13(18)12(17)6-9(11)14;9-7-6-8-4-2-1-3-5-8/h6-7,17-18H,1-5H2,(H2,15,16);9H,1-7H2. The Morgan fingerprint density at radius 1 is 0.926 bits per heavy atom. The van der Waals surface area contributed by atoms with E-state index in [4.69, 9.17) is 10.8 Å². The Morgan fingerprint density at radius 2 is 1.59 bits per heavy atom. The molecule has 1 saturated heterocycles. The molecule has 2 aliphatic rings. The number of aromatic nitrogens is 1. The van der Waals surface area contributed by atoms with Crippen LogP contribution in [0.4, 0.5) is 5.69 Å². The maximum absolute atomic E-state index is 9.57. The van der Waals surface area contributed by atoms with E-state index < -0.39 is 0 Å². The van der Waals surface area contributed by atoms with Gasteiger partial charge in [0.2, 0.25) is 0 Å². The Kier molecular flexibility index (Phi) is 6.74. The fourth-order valence-electron chi connectivity index (χ4n) is 3.99. The van der Waals surface area contributed by atoms with Crippen LogP contribution in [0.15, 0.2) is 12.1 Å². The van der Waals surface area contributed by atoms with E-state index in [2.05, 4.69) is 9.88 Å². The van der Waals surface area contributed by atoms with E-state index in [1.165, 1.54) is 50.9 Å². The van der Waals surface area contributed by atoms with E-state index in [0.29, 0.717) is 17.8 Å². The lowest BCUT2D eigenvalue weighted by Crippen LogP contribution is -2.31. The molecule has 0 saturated carbocycles. The number of aryl methyl sites for hydroxylation is 1. The van der Waals surface area contributed by atoms with Crippen molar-refractivity contribution in [2.75, 3.05) is 32.0 Å². The van der Waals surface area contributed by atoms with E-state index >= 15 is 0 Å². The van der Waals surface area contributed by atoms with Crippen molar-refractivity contribution < 1.29 is 15.3 Å². The molecule has 1 fully saturated rings. The maximum Gasteiger partial charge on any atom is 0.159 e. The summed E-state index contributed by atoms with van der Waals surface area (Å²) in [5, 5.41) is 28.4. The van der Waals surface area contributed by atoms with E-state index in [1.54, 1.807) is 0 Å². The van der Waals surface area contributed by atoms with Crippen LogP contribution in [-0.4, -0.2) is 51.4 Å². The first-order valence-electron chi connectivity index (χ1n) is 10.1. The van der Waals surface area contributed by atoms with Gasteiger partial charge in [0.25, 0.3) is 0 Å². The van der Waals surface area contributed by atoms with Crippen LogP contribution >= 0.6 is 0 Å². The second-order valence-corrected chi connectivity index (χ2v) is 7.50. The summed E-state index contributed by atoms with van der Waals surface area (Å²) in [4.78, 5) is 6.91. The van der Waals surface area contributed by atoms with Gasteiger partial charge in [-0.05, 0) is 63.2 Å². The third-order valence-corrected chi connectivity index (χ3v) is 5.52. The molecule has 1 aromatic carbocycles. The summed E-state index contributed by atoms with van der Waals surface area (Å²) in [6.45, 7) is 3.58. The first kappa shape index (κ1) is 19.7. The number of aliphatic hydroxyl groups excluding tert-OH is 1. The highest BCUT2D eigenvalue weighted by molar-refractivity contribution is 5.94. The van der Waals surface area contributed by atoms with E-state index in [-0.39, 0.29) is 11.5 Å². The number of nitrogen functional groups attached to an aromatic ring is 1. The largest absolute Gasteiger partial charge is 0.504 e. The third kappa shape index (κ3) is 4.82. The van der Waals surface area contributed by atoms with Gasteiger partial charge in [-0.1, -0.05) is 12.8 Å². The highest BCUT2D eigenvalue weighted by Gasteiger charge is 2.16. The Morgan fingerprint density at radius 3 is 2.33 bits per heavy atom. The number of phenols is 2. The van der Waals surface area contributed by atoms with Crippen molar-refractivity contribution in [2.45, 2.75) is 51.4 Å². The minimum atomic E-state index is -0.150. The van der Waals surface area contributed by atoms with Crippen molar-refractivity contribution in [3.05, 3.63) is 23.4 Å². The number of hydrogen-bond donors (Lipinski definition) is 4. The summed E-state index contributed by atoms with van der Waals surface area (Å²) >= 11 is 0. The molecule has 2 aromatic rings. The molecule has 0 spiro atoms. The average Bonchev–Trinajstić information content (AvgIpc) is 2.91. The number of fused-ring (bicyclic) bond motifs is 2. The summed E-state index contributed by atoms with van der Waals surface area (Å²) in [6, 6.07) is 2.98. The summed E-state index contributed by atoms with van der Waals surface area (Å²) in [5.74, 6) is -0.299. The molecule has 6 heteroatoms. The Labute approximate surface area is 160 Å². The van der Waals surface area contributed by atoms with Crippen molar-refractivity contribution >= 4 is 16.6 Å². The highest BCUT2D eigenvalue weighted by atomic mass is 16.3. The lowest BCUT2D eigenvalue weighted by molar-refractivity contribution is 0.173. The summed E-state index contributed by atoms with van der Waals surface area (Å²) in [6.07, 6.45) is 9.37. The maximum atomic E-state index is 9.57. The number of nitrogens with zero attached hydrogens (tertiary/aromatic N) is 2. The van der Waals surface area contributed by atoms with Crippen LogP contribution < -0.4 is 5.73 Å². The van der Waals surface area contributed by atoms with Gasteiger partial charge in [-0.2, -0.15) is 0 Å². The number of aliphatic hydroxyl groups is 1. The number of nitrogens with two attached hydrogens (primary N) is 1. The number of anilines is 1. The van der Waals surface area contributed by atoms with Crippen molar-refractivity contribution in [3.8, 4) is 11.5 Å². The van der Waals surface area contributed by atoms with Crippen LogP contribution in [0.5, 0.6) is 11.5 Å². The molecule has 4 rings (SSSR count). The fraction of sp³-hybridized carbons (Fsp3) is 0.571. The number of benzene rings is 1. The smallest absolute Gasteiger partial charge is 0.159 e. The topological polar surface area (TPSA) is 103 Å². The van der Waals surface area contributed by atoms with Crippen LogP contribution in [0.3, 0.4) is 0 Å². The minimum Gasteiger partial charge on any atom is -0.504 e. The van der Waals surface area contributed by atoms with Crippen molar-refractivity contribution in [2.24, 2.45) is 0 Å². The van der Waals surface area contributed by atoms with Gasteiger partial charge in [0.15, 0.2) is 11.5 Å². The zero-order valence-corrected chi connectivity index (χ0v) is 16.0. The first-order chi connectivity index (χ1) is 13.1. The van der Waals surface area contributed by atoms with Crippen molar-refractivity contribution in [3.63, 3.8) is 0 Å². The van der Waals surface area contributed by atoms with E-state index in [1.807, 2.05) is 0 Å². The van der Waals surface area contributed by atoms with Crippen molar-refractivity contribution in [1.82, 2.24) is 9.88 Å². The number of phenolic OH excluding ortho intramolecular Hbond substituents is 2. The Hall–Kier alpha value is -2.05. The zero-order chi connectivity index (χ0) is 19.2. The monoisotopic (exact) mass is 373 g/mol. The van der Waals surface area contributed by atoms with Crippen LogP contribution in [0.2, 0.25) is 0 Å². The number of likely N-dealkylation sites (tertiary alicyclic amines) is 1. The Bertz CT molecular complexity index is 770. The second-order valence-electron chi connectivity index (χ2n) is 7.50. The molecule has 1 aliphatic carbocycles. The van der Waals surface area contributed by atoms with Gasteiger partial charge >= 0.3 is 0 Å². The van der Waals surface area contributed by atoms with Gasteiger partial charge in [-0.25, -0.2) is 0 Å². The first-order valence-corrected chi connectivity index (χ1v) is 10.1. The van der Waals surface area contributed by atoms with Crippen LogP contribution in [-0.2, 0) is 12.8 Å². The number of rotatable bonds is 2. The molecule has 0 bridgehead atoms. The molecule has 6 nitrogen and oxygen atoms in total. The number of aromatic hydroxyl groups is 2. The van der Waals surface area contributed by atoms with Gasteiger partial charge in [-0.3, -0.25) is 4.98 Å². The summed E-state index contributed by atoms with van der Waals surface area (Å²) in [5.41, 5.74) is 9.71. The van der Waals surface area contributed by atoms with E-state index in [9.17, 15) is 10.2 Å². The fourth-order valence-corrected chi connectivity index (χ4v) is 3.99. The molecular weight excluding hydrogens is 342 g/mol. The Balaban J connectivity index is 0.000000197. The van der Waals surface area contributed by atoms with Gasteiger partial charge in [0.05, 0.1) is 12.1 Å². The number of hydrogen-bond acceptors (Lipinski definition) is 6. The number of β-amino-alcohol motifs (C(OH)–C–C–N with tert-alkyl or cyclic N) is 1.